The zero-order chi connectivity index (χ0) is 15.6. The van der Waals surface area contributed by atoms with Gasteiger partial charge in [-0.2, -0.15) is 0 Å². The molecule has 4 saturated carbocycles. The lowest BCUT2D eigenvalue weighted by molar-refractivity contribution is -0.129. The maximum atomic E-state index is 10.9. The summed E-state index contributed by atoms with van der Waals surface area (Å²) in [6, 6.07) is 0. The molecule has 0 radical (unpaired) electrons. The summed E-state index contributed by atoms with van der Waals surface area (Å²) >= 11 is 0. The Morgan fingerprint density at radius 1 is 1.00 bits per heavy atom. The van der Waals surface area contributed by atoms with Gasteiger partial charge >= 0.3 is 0 Å². The first-order valence-electron chi connectivity index (χ1n) is 9.57. The molecule has 124 valence electrons. The Kier molecular flexibility index (Phi) is 2.35. The second kappa shape index (κ2) is 3.61. The third-order valence-electron chi connectivity index (χ3n) is 9.22. The summed E-state index contributed by atoms with van der Waals surface area (Å²) in [6.07, 6.45) is 10.6. The normalized spacial score (nSPS) is 64.5. The summed E-state index contributed by atoms with van der Waals surface area (Å²) in [5.74, 6) is 1.30. The van der Waals surface area contributed by atoms with Crippen molar-refractivity contribution in [1.82, 2.24) is 0 Å². The van der Waals surface area contributed by atoms with Crippen LogP contribution in [-0.4, -0.2) is 22.4 Å². The Morgan fingerprint density at radius 3 is 2.55 bits per heavy atom. The minimum absolute atomic E-state index is 0.148. The SMILES string of the molecule is CC1(C)CCC[C@@]2(C)C3CC[C@@H]4C[C@@]3(CC3OC312)C[C@@]4(C)O. The summed E-state index contributed by atoms with van der Waals surface area (Å²) in [5, 5.41) is 10.9. The van der Waals surface area contributed by atoms with Crippen LogP contribution in [0.15, 0.2) is 0 Å². The minimum Gasteiger partial charge on any atom is -0.390 e. The van der Waals surface area contributed by atoms with E-state index < -0.39 is 5.60 Å². The fourth-order valence-electron chi connectivity index (χ4n) is 8.60. The van der Waals surface area contributed by atoms with Crippen molar-refractivity contribution in [2.24, 2.45) is 28.1 Å². The minimum atomic E-state index is -0.426. The van der Waals surface area contributed by atoms with E-state index in [2.05, 4.69) is 27.7 Å². The molecule has 1 heterocycles. The molecule has 2 nitrogen and oxygen atoms in total. The van der Waals surface area contributed by atoms with Gasteiger partial charge in [-0.1, -0.05) is 27.2 Å². The number of hydrogen-bond donors (Lipinski definition) is 1. The zero-order valence-electron chi connectivity index (χ0n) is 14.7. The molecule has 2 heteroatoms. The van der Waals surface area contributed by atoms with Gasteiger partial charge in [-0.25, -0.2) is 0 Å². The topological polar surface area (TPSA) is 32.8 Å². The molecule has 5 aliphatic rings. The van der Waals surface area contributed by atoms with Crippen LogP contribution >= 0.6 is 0 Å². The van der Waals surface area contributed by atoms with Crippen LogP contribution in [0.25, 0.3) is 0 Å². The third-order valence-corrected chi connectivity index (χ3v) is 9.22. The van der Waals surface area contributed by atoms with E-state index >= 15 is 0 Å². The van der Waals surface area contributed by atoms with Gasteiger partial charge in [-0.05, 0) is 74.5 Å². The summed E-state index contributed by atoms with van der Waals surface area (Å²) in [6.45, 7) is 9.59. The Balaban J connectivity index is 1.62. The molecule has 4 aliphatic carbocycles. The Bertz CT molecular complexity index is 538. The van der Waals surface area contributed by atoms with Gasteiger partial charge in [0.2, 0.25) is 0 Å². The average Bonchev–Trinajstić information content (AvgIpc) is 3.07. The number of epoxide rings is 1. The van der Waals surface area contributed by atoms with Crippen LogP contribution in [0.4, 0.5) is 0 Å². The van der Waals surface area contributed by atoms with Gasteiger partial charge in [-0.15, -0.1) is 0 Å². The highest BCUT2D eigenvalue weighted by Gasteiger charge is 2.82. The van der Waals surface area contributed by atoms with Gasteiger partial charge in [0, 0.05) is 5.41 Å². The molecule has 0 aromatic heterocycles. The maximum Gasteiger partial charge on any atom is 0.105 e. The van der Waals surface area contributed by atoms with Gasteiger partial charge in [-0.3, -0.25) is 0 Å². The Morgan fingerprint density at radius 2 is 1.77 bits per heavy atom. The van der Waals surface area contributed by atoms with Crippen molar-refractivity contribution < 1.29 is 9.84 Å². The van der Waals surface area contributed by atoms with E-state index in [-0.39, 0.29) is 5.60 Å². The molecule has 0 aromatic rings. The molecule has 1 aliphatic heterocycles. The highest BCUT2D eigenvalue weighted by Crippen LogP contribution is 2.80. The molecule has 3 unspecified atom stereocenters. The predicted molar refractivity (Wildman–Crippen MR) is 86.5 cm³/mol. The van der Waals surface area contributed by atoms with Gasteiger partial charge < -0.3 is 9.84 Å². The van der Waals surface area contributed by atoms with Crippen LogP contribution in [0, 0.1) is 28.1 Å². The average molecular weight is 304 g/mol. The fourth-order valence-corrected chi connectivity index (χ4v) is 8.60. The number of rotatable bonds is 0. The monoisotopic (exact) mass is 304 g/mol. The molecule has 22 heavy (non-hydrogen) atoms. The molecule has 1 saturated heterocycles. The molecule has 5 fully saturated rings. The van der Waals surface area contributed by atoms with Crippen molar-refractivity contribution in [3.8, 4) is 0 Å². The second-order valence-corrected chi connectivity index (χ2v) is 10.6. The van der Waals surface area contributed by atoms with Crippen molar-refractivity contribution in [3.05, 3.63) is 0 Å². The summed E-state index contributed by atoms with van der Waals surface area (Å²) in [7, 11) is 0. The Labute approximate surface area is 135 Å². The lowest BCUT2D eigenvalue weighted by Gasteiger charge is -2.61. The summed E-state index contributed by atoms with van der Waals surface area (Å²) in [5.41, 5.74) is 0.756. The molecule has 5 rings (SSSR count). The molecule has 0 amide bonds. The molecular formula is C20H32O2. The van der Waals surface area contributed by atoms with E-state index in [1.165, 1.54) is 44.9 Å². The molecule has 7 atom stereocenters. The van der Waals surface area contributed by atoms with Crippen LogP contribution < -0.4 is 0 Å². The largest absolute Gasteiger partial charge is 0.390 e. The first-order valence-corrected chi connectivity index (χ1v) is 9.57. The van der Waals surface area contributed by atoms with Crippen LogP contribution in [0.1, 0.15) is 79.1 Å². The van der Waals surface area contributed by atoms with Gasteiger partial charge in [0.25, 0.3) is 0 Å². The fraction of sp³-hybridized carbons (Fsp3) is 1.00. The summed E-state index contributed by atoms with van der Waals surface area (Å²) < 4.78 is 6.61. The predicted octanol–water partition coefficient (Wildman–Crippen LogP) is 4.30. The summed E-state index contributed by atoms with van der Waals surface area (Å²) in [4.78, 5) is 0. The van der Waals surface area contributed by atoms with Crippen molar-refractivity contribution in [2.45, 2.75) is 96.4 Å². The Hall–Kier alpha value is -0.0800. The van der Waals surface area contributed by atoms with E-state index in [0.717, 1.165) is 12.3 Å². The van der Waals surface area contributed by atoms with Gasteiger partial charge in [0.15, 0.2) is 0 Å². The third kappa shape index (κ3) is 1.30. The molecule has 2 bridgehead atoms. The smallest absolute Gasteiger partial charge is 0.105 e. The number of aliphatic hydroxyl groups is 1. The lowest BCUT2D eigenvalue weighted by atomic mass is 9.41. The number of hydrogen-bond acceptors (Lipinski definition) is 2. The van der Waals surface area contributed by atoms with E-state index in [1.807, 2.05) is 0 Å². The van der Waals surface area contributed by atoms with Gasteiger partial charge in [0.05, 0.1) is 11.7 Å². The van der Waals surface area contributed by atoms with E-state index in [1.54, 1.807) is 0 Å². The van der Waals surface area contributed by atoms with Crippen molar-refractivity contribution >= 4 is 0 Å². The highest BCUT2D eigenvalue weighted by atomic mass is 16.6. The van der Waals surface area contributed by atoms with Crippen molar-refractivity contribution in [1.29, 1.82) is 0 Å². The van der Waals surface area contributed by atoms with E-state index in [9.17, 15) is 5.11 Å². The lowest BCUT2D eigenvalue weighted by Crippen LogP contribution is -2.62. The first-order chi connectivity index (χ1) is 10.2. The molecule has 2 spiro atoms. The van der Waals surface area contributed by atoms with E-state index in [4.69, 9.17) is 4.74 Å². The van der Waals surface area contributed by atoms with Crippen LogP contribution in [-0.2, 0) is 4.74 Å². The molecule has 1 N–H and O–H groups in total. The van der Waals surface area contributed by atoms with Crippen molar-refractivity contribution in [3.63, 3.8) is 0 Å². The van der Waals surface area contributed by atoms with Gasteiger partial charge in [0.1, 0.15) is 5.60 Å². The quantitative estimate of drug-likeness (QED) is 0.677. The number of fused-ring (bicyclic) bond motifs is 2. The van der Waals surface area contributed by atoms with Crippen LogP contribution in [0.5, 0.6) is 0 Å². The van der Waals surface area contributed by atoms with E-state index in [0.29, 0.717) is 28.3 Å². The van der Waals surface area contributed by atoms with Crippen LogP contribution in [0.3, 0.4) is 0 Å². The molecular weight excluding hydrogens is 272 g/mol. The standard InChI is InChI=1S/C20H32O2/c1-16(2)8-5-9-17(3)14-7-6-13-10-19(14,12-18(13,4)21)11-15-20(16,17)22-15/h13-15,21H,5-12H2,1-4H3/t13-,14?,15?,17+,18-,19-,20?/m1/s1. The maximum absolute atomic E-state index is 10.9. The molecule has 0 aromatic carbocycles. The zero-order valence-corrected chi connectivity index (χ0v) is 14.7. The van der Waals surface area contributed by atoms with Crippen molar-refractivity contribution in [2.75, 3.05) is 0 Å². The number of ether oxygens (including phenoxy) is 1. The highest BCUT2D eigenvalue weighted by molar-refractivity contribution is 5.30. The second-order valence-electron chi connectivity index (χ2n) is 10.6. The van der Waals surface area contributed by atoms with Crippen LogP contribution in [0.2, 0.25) is 0 Å². The first kappa shape index (κ1) is 14.3.